The van der Waals surface area contributed by atoms with Crippen molar-refractivity contribution in [2.24, 2.45) is 0 Å². The molecule has 0 amide bonds. The van der Waals surface area contributed by atoms with Crippen LogP contribution in [0.3, 0.4) is 0 Å². The third-order valence-corrected chi connectivity index (χ3v) is 8.29. The summed E-state index contributed by atoms with van der Waals surface area (Å²) >= 11 is 0. The largest absolute Gasteiger partial charge is 0.343 e. The summed E-state index contributed by atoms with van der Waals surface area (Å²) in [6, 6.07) is 9.13. The van der Waals surface area contributed by atoms with Gasteiger partial charge in [-0.25, -0.2) is 0 Å². The van der Waals surface area contributed by atoms with Crippen LogP contribution in [0.15, 0.2) is 24.3 Å². The average molecular weight is 452 g/mol. The van der Waals surface area contributed by atoms with Gasteiger partial charge in [-0.1, -0.05) is 31.5 Å². The molecule has 33 heavy (non-hydrogen) atoms. The Morgan fingerprint density at radius 2 is 1.36 bits per heavy atom. The topological polar surface area (TPSA) is 17.9 Å². The van der Waals surface area contributed by atoms with Crippen molar-refractivity contribution in [3.8, 4) is 0 Å². The van der Waals surface area contributed by atoms with Crippen molar-refractivity contribution in [2.75, 3.05) is 72.0 Å². The maximum Gasteiger partial charge on any atom is 0.0485 e. The smallest absolute Gasteiger partial charge is 0.0485 e. The molecule has 0 aliphatic carbocycles. The summed E-state index contributed by atoms with van der Waals surface area (Å²) < 4.78 is 2.67. The van der Waals surface area contributed by atoms with Crippen LogP contribution in [-0.4, -0.2) is 96.2 Å². The van der Waals surface area contributed by atoms with Crippen LogP contribution in [0, 0.1) is 0 Å². The van der Waals surface area contributed by atoms with Gasteiger partial charge in [0.1, 0.15) is 0 Å². The minimum absolute atomic E-state index is 1.13. The summed E-state index contributed by atoms with van der Waals surface area (Å²) in [6.45, 7) is 18.5. The van der Waals surface area contributed by atoms with Gasteiger partial charge in [-0.05, 0) is 69.9 Å². The SMILES string of the molecule is CCCN1CCc2c(n(CCCN3CCN(CCN4CCCCC4)CC3)c3ccccc23)C1. The molecule has 0 N–H and O–H groups in total. The lowest BCUT2D eigenvalue weighted by atomic mass is 10.0. The first-order valence-electron chi connectivity index (χ1n) is 13.8. The second-order valence-electron chi connectivity index (χ2n) is 10.6. The Bertz CT molecular complexity index is 876. The number of hydrogen-bond donors (Lipinski definition) is 0. The molecule has 0 radical (unpaired) electrons. The van der Waals surface area contributed by atoms with Crippen molar-refractivity contribution in [2.45, 2.75) is 58.5 Å². The van der Waals surface area contributed by atoms with Gasteiger partial charge in [-0.3, -0.25) is 9.80 Å². The average Bonchev–Trinajstić information content (AvgIpc) is 3.17. The highest BCUT2D eigenvalue weighted by Gasteiger charge is 2.24. The molecule has 1 aromatic heterocycles. The van der Waals surface area contributed by atoms with Crippen LogP contribution < -0.4 is 0 Å². The number of aromatic nitrogens is 1. The molecule has 0 saturated carbocycles. The number of fused-ring (bicyclic) bond motifs is 3. The van der Waals surface area contributed by atoms with E-state index in [0.29, 0.717) is 0 Å². The first-order valence-corrected chi connectivity index (χ1v) is 13.8. The van der Waals surface area contributed by atoms with Crippen molar-refractivity contribution in [1.82, 2.24) is 24.2 Å². The Labute approximate surface area is 201 Å². The maximum atomic E-state index is 2.71. The molecule has 1 aromatic carbocycles. The lowest BCUT2D eigenvalue weighted by molar-refractivity contribution is 0.112. The molecule has 4 heterocycles. The second kappa shape index (κ2) is 11.4. The number of piperidine rings is 1. The number of hydrogen-bond acceptors (Lipinski definition) is 4. The van der Waals surface area contributed by atoms with Crippen molar-refractivity contribution in [3.05, 3.63) is 35.5 Å². The fourth-order valence-electron chi connectivity index (χ4n) is 6.37. The van der Waals surface area contributed by atoms with Crippen molar-refractivity contribution >= 4 is 10.9 Å². The van der Waals surface area contributed by atoms with E-state index in [2.05, 4.69) is 55.4 Å². The van der Waals surface area contributed by atoms with Gasteiger partial charge in [-0.15, -0.1) is 0 Å². The summed E-state index contributed by atoms with van der Waals surface area (Å²) in [5.41, 5.74) is 4.68. The first-order chi connectivity index (χ1) is 16.3. The number of aryl methyl sites for hydroxylation is 1. The van der Waals surface area contributed by atoms with Crippen molar-refractivity contribution in [3.63, 3.8) is 0 Å². The van der Waals surface area contributed by atoms with Crippen LogP contribution in [0.2, 0.25) is 0 Å². The van der Waals surface area contributed by atoms with Crippen LogP contribution in [0.5, 0.6) is 0 Å². The van der Waals surface area contributed by atoms with Crippen molar-refractivity contribution in [1.29, 1.82) is 0 Å². The van der Waals surface area contributed by atoms with E-state index in [1.807, 2.05) is 0 Å². The maximum absolute atomic E-state index is 2.71. The van der Waals surface area contributed by atoms with E-state index in [9.17, 15) is 0 Å². The lowest BCUT2D eigenvalue weighted by Gasteiger charge is -2.36. The Balaban J connectivity index is 1.12. The van der Waals surface area contributed by atoms with E-state index in [1.165, 1.54) is 121 Å². The van der Waals surface area contributed by atoms with E-state index in [-0.39, 0.29) is 0 Å². The van der Waals surface area contributed by atoms with Crippen LogP contribution in [-0.2, 0) is 19.5 Å². The van der Waals surface area contributed by atoms with Crippen LogP contribution in [0.1, 0.15) is 50.3 Å². The summed E-state index contributed by atoms with van der Waals surface area (Å²) in [6.07, 6.45) is 7.97. The highest BCUT2D eigenvalue weighted by molar-refractivity contribution is 5.85. The van der Waals surface area contributed by atoms with E-state index in [1.54, 1.807) is 11.3 Å². The Hall–Kier alpha value is -1.40. The third kappa shape index (κ3) is 5.64. The van der Waals surface area contributed by atoms with Gasteiger partial charge >= 0.3 is 0 Å². The minimum atomic E-state index is 1.13. The minimum Gasteiger partial charge on any atom is -0.343 e. The number of rotatable bonds is 9. The quantitative estimate of drug-likeness (QED) is 0.575. The molecule has 3 aliphatic rings. The zero-order valence-corrected chi connectivity index (χ0v) is 21.0. The third-order valence-electron chi connectivity index (χ3n) is 8.29. The molecule has 5 rings (SSSR count). The molecule has 2 saturated heterocycles. The fraction of sp³-hybridized carbons (Fsp3) is 0.714. The van der Waals surface area contributed by atoms with Gasteiger partial charge in [0, 0.05) is 75.5 Å². The molecule has 5 heteroatoms. The number of benzene rings is 1. The molecule has 0 unspecified atom stereocenters. The normalized spacial score (nSPS) is 21.6. The summed E-state index contributed by atoms with van der Waals surface area (Å²) in [5.74, 6) is 0. The highest BCUT2D eigenvalue weighted by atomic mass is 15.3. The van der Waals surface area contributed by atoms with Crippen LogP contribution in [0.25, 0.3) is 10.9 Å². The van der Waals surface area contributed by atoms with Gasteiger partial charge in [0.05, 0.1) is 0 Å². The molecule has 0 bridgehead atoms. The molecule has 0 spiro atoms. The monoisotopic (exact) mass is 451 g/mol. The van der Waals surface area contributed by atoms with E-state index in [0.717, 1.165) is 13.1 Å². The molecular formula is C28H45N5. The zero-order valence-electron chi connectivity index (χ0n) is 21.0. The second-order valence-corrected chi connectivity index (χ2v) is 10.6. The Morgan fingerprint density at radius 1 is 0.667 bits per heavy atom. The van der Waals surface area contributed by atoms with Gasteiger partial charge in [0.2, 0.25) is 0 Å². The molecule has 3 aliphatic heterocycles. The number of para-hydroxylation sites is 1. The number of likely N-dealkylation sites (tertiary alicyclic amines) is 1. The standard InChI is InChI=1S/C28H45N5/c1-2-12-32-17-11-26-25-9-4-5-10-27(25)33(28(26)24-32)16-8-15-30-19-22-31(23-20-30)21-18-29-13-6-3-7-14-29/h4-5,9-10H,2-3,6-8,11-24H2,1H3. The van der Waals surface area contributed by atoms with E-state index >= 15 is 0 Å². The fourth-order valence-corrected chi connectivity index (χ4v) is 6.37. The molecular weight excluding hydrogens is 406 g/mol. The lowest BCUT2D eigenvalue weighted by Crippen LogP contribution is -2.49. The zero-order chi connectivity index (χ0) is 22.5. The Morgan fingerprint density at radius 3 is 2.12 bits per heavy atom. The summed E-state index contributed by atoms with van der Waals surface area (Å²) in [4.78, 5) is 10.7. The van der Waals surface area contributed by atoms with Gasteiger partial charge in [0.15, 0.2) is 0 Å². The predicted octanol–water partition coefficient (Wildman–Crippen LogP) is 3.90. The molecule has 2 aromatic rings. The van der Waals surface area contributed by atoms with Crippen LogP contribution >= 0.6 is 0 Å². The number of nitrogens with zero attached hydrogens (tertiary/aromatic N) is 5. The van der Waals surface area contributed by atoms with Gasteiger partial charge in [-0.2, -0.15) is 0 Å². The molecule has 5 nitrogen and oxygen atoms in total. The molecule has 182 valence electrons. The summed E-state index contributed by atoms with van der Waals surface area (Å²) in [7, 11) is 0. The van der Waals surface area contributed by atoms with E-state index in [4.69, 9.17) is 0 Å². The predicted molar refractivity (Wildman–Crippen MR) is 139 cm³/mol. The van der Waals surface area contributed by atoms with Crippen LogP contribution in [0.4, 0.5) is 0 Å². The first kappa shape index (κ1) is 23.3. The van der Waals surface area contributed by atoms with Gasteiger partial charge < -0.3 is 14.4 Å². The summed E-state index contributed by atoms with van der Waals surface area (Å²) in [5, 5.41) is 1.51. The van der Waals surface area contributed by atoms with Crippen molar-refractivity contribution < 1.29 is 0 Å². The molecule has 2 fully saturated rings. The highest BCUT2D eigenvalue weighted by Crippen LogP contribution is 2.31. The molecule has 0 atom stereocenters. The Kier molecular flexibility index (Phi) is 8.03. The van der Waals surface area contributed by atoms with Gasteiger partial charge in [0.25, 0.3) is 0 Å². The van der Waals surface area contributed by atoms with E-state index < -0.39 is 0 Å². The number of piperazine rings is 1.